The maximum absolute atomic E-state index is 8.92. The molecule has 2 rings (SSSR count). The Morgan fingerprint density at radius 1 is 1.35 bits per heavy atom. The molecule has 1 saturated heterocycles. The van der Waals surface area contributed by atoms with Crippen molar-refractivity contribution in [1.82, 2.24) is 9.80 Å². The summed E-state index contributed by atoms with van der Waals surface area (Å²) in [5.41, 5.74) is 0.366. The van der Waals surface area contributed by atoms with Gasteiger partial charge in [0.1, 0.15) is 0 Å². The minimum Gasteiger partial charge on any atom is -0.305 e. The zero-order valence-electron chi connectivity index (χ0n) is 11.3. The summed E-state index contributed by atoms with van der Waals surface area (Å²) in [7, 11) is 2.23. The van der Waals surface area contributed by atoms with Crippen LogP contribution in [-0.2, 0) is 0 Å². The molecule has 0 amide bonds. The van der Waals surface area contributed by atoms with E-state index in [1.165, 1.54) is 45.3 Å². The minimum atomic E-state index is 0.366. The van der Waals surface area contributed by atoms with Crippen molar-refractivity contribution in [2.24, 2.45) is 5.41 Å². The van der Waals surface area contributed by atoms with E-state index in [1.54, 1.807) is 0 Å². The van der Waals surface area contributed by atoms with Crippen LogP contribution >= 0.6 is 0 Å². The number of hydrogen-bond donors (Lipinski definition) is 0. The molecule has 0 aromatic carbocycles. The summed E-state index contributed by atoms with van der Waals surface area (Å²) in [6.07, 6.45) is 5.80. The largest absolute Gasteiger partial charge is 0.305 e. The van der Waals surface area contributed by atoms with Gasteiger partial charge in [-0.1, -0.05) is 6.92 Å². The summed E-state index contributed by atoms with van der Waals surface area (Å²) in [5, 5.41) is 8.92. The highest BCUT2D eigenvalue weighted by molar-refractivity contribution is 5.02. The van der Waals surface area contributed by atoms with Crippen molar-refractivity contribution in [1.29, 1.82) is 5.26 Å². The Morgan fingerprint density at radius 2 is 2.12 bits per heavy atom. The smallest absolute Gasteiger partial charge is 0.0628 e. The van der Waals surface area contributed by atoms with Crippen molar-refractivity contribution < 1.29 is 0 Å². The van der Waals surface area contributed by atoms with Gasteiger partial charge >= 0.3 is 0 Å². The molecule has 0 N–H and O–H groups in total. The fraction of sp³-hybridized carbons (Fsp3) is 0.929. The zero-order chi connectivity index (χ0) is 12.3. The van der Waals surface area contributed by atoms with Crippen molar-refractivity contribution in [3.8, 4) is 6.07 Å². The summed E-state index contributed by atoms with van der Waals surface area (Å²) in [6.45, 7) is 7.08. The Hall–Kier alpha value is -0.590. The predicted octanol–water partition coefficient (Wildman–Crippen LogP) is 2.10. The topological polar surface area (TPSA) is 30.3 Å². The summed E-state index contributed by atoms with van der Waals surface area (Å²) in [4.78, 5) is 5.12. The van der Waals surface area contributed by atoms with Crippen LogP contribution in [0.5, 0.6) is 0 Å². The van der Waals surface area contributed by atoms with Gasteiger partial charge in [0, 0.05) is 25.6 Å². The molecule has 1 aliphatic heterocycles. The van der Waals surface area contributed by atoms with Gasteiger partial charge in [-0.25, -0.2) is 0 Å². The molecule has 0 radical (unpaired) electrons. The first kappa shape index (κ1) is 12.9. The van der Waals surface area contributed by atoms with E-state index in [-0.39, 0.29) is 0 Å². The molecule has 0 bridgehead atoms. The number of rotatable bonds is 4. The molecule has 1 atom stereocenters. The first-order chi connectivity index (χ1) is 8.19. The van der Waals surface area contributed by atoms with Gasteiger partial charge in [-0.15, -0.1) is 0 Å². The van der Waals surface area contributed by atoms with Crippen molar-refractivity contribution in [3.05, 3.63) is 0 Å². The lowest BCUT2D eigenvalue weighted by atomic mass is 10.0. The van der Waals surface area contributed by atoms with E-state index in [1.807, 2.05) is 0 Å². The standard InChI is InChI=1S/C14H25N3/c1-3-13-11-16(2)9-4-10-17(13)12-14(5-6-14)7-8-15/h13H,3-7,9-12H2,1-2H3. The highest BCUT2D eigenvalue weighted by atomic mass is 15.2. The van der Waals surface area contributed by atoms with Gasteiger partial charge in [0.25, 0.3) is 0 Å². The monoisotopic (exact) mass is 235 g/mol. The highest BCUT2D eigenvalue weighted by Gasteiger charge is 2.44. The Bertz CT molecular complexity index is 290. The molecular formula is C14H25N3. The third-order valence-electron chi connectivity index (χ3n) is 4.44. The van der Waals surface area contributed by atoms with Crippen molar-refractivity contribution in [2.45, 2.75) is 45.1 Å². The van der Waals surface area contributed by atoms with Crippen LogP contribution in [0.4, 0.5) is 0 Å². The second kappa shape index (κ2) is 5.37. The molecule has 1 aliphatic carbocycles. The quantitative estimate of drug-likeness (QED) is 0.747. The lowest BCUT2D eigenvalue weighted by Gasteiger charge is -2.32. The third kappa shape index (κ3) is 3.20. The van der Waals surface area contributed by atoms with Crippen molar-refractivity contribution in [2.75, 3.05) is 33.2 Å². The number of hydrogen-bond acceptors (Lipinski definition) is 3. The molecule has 0 aromatic rings. The van der Waals surface area contributed by atoms with Crippen LogP contribution in [0.1, 0.15) is 39.0 Å². The van der Waals surface area contributed by atoms with E-state index in [0.717, 1.165) is 13.0 Å². The Kier molecular flexibility index (Phi) is 4.06. The van der Waals surface area contributed by atoms with E-state index in [2.05, 4.69) is 29.8 Å². The molecule has 0 spiro atoms. The minimum absolute atomic E-state index is 0.366. The molecule has 0 aromatic heterocycles. The summed E-state index contributed by atoms with van der Waals surface area (Å²) in [6, 6.07) is 3.07. The molecule has 2 aliphatic rings. The van der Waals surface area contributed by atoms with E-state index in [0.29, 0.717) is 11.5 Å². The normalized spacial score (nSPS) is 29.6. The molecule has 1 saturated carbocycles. The van der Waals surface area contributed by atoms with Gasteiger partial charge in [0.05, 0.1) is 6.07 Å². The summed E-state index contributed by atoms with van der Waals surface area (Å²) >= 11 is 0. The molecule has 17 heavy (non-hydrogen) atoms. The molecule has 3 nitrogen and oxygen atoms in total. The van der Waals surface area contributed by atoms with E-state index >= 15 is 0 Å². The van der Waals surface area contributed by atoms with Gasteiger partial charge in [-0.05, 0) is 51.2 Å². The number of nitrogens with zero attached hydrogens (tertiary/aromatic N) is 3. The average Bonchev–Trinajstić information content (AvgIpc) is 3.06. The van der Waals surface area contributed by atoms with E-state index in [4.69, 9.17) is 5.26 Å². The Labute approximate surface area is 105 Å². The van der Waals surface area contributed by atoms with Gasteiger partial charge in [0.15, 0.2) is 0 Å². The molecule has 96 valence electrons. The molecule has 1 heterocycles. The lowest BCUT2D eigenvalue weighted by Crippen LogP contribution is -2.42. The first-order valence-electron chi connectivity index (χ1n) is 6.99. The molecule has 3 heteroatoms. The SMILES string of the molecule is CCC1CN(C)CCCN1CC1(CC#N)CC1. The summed E-state index contributed by atoms with van der Waals surface area (Å²) in [5.74, 6) is 0. The van der Waals surface area contributed by atoms with Crippen LogP contribution in [0.15, 0.2) is 0 Å². The zero-order valence-corrected chi connectivity index (χ0v) is 11.3. The van der Waals surface area contributed by atoms with E-state index in [9.17, 15) is 0 Å². The maximum Gasteiger partial charge on any atom is 0.0628 e. The predicted molar refractivity (Wildman–Crippen MR) is 69.7 cm³/mol. The average molecular weight is 235 g/mol. The van der Waals surface area contributed by atoms with Crippen LogP contribution in [0.25, 0.3) is 0 Å². The molecule has 2 fully saturated rings. The first-order valence-corrected chi connectivity index (χ1v) is 6.99. The fourth-order valence-corrected chi connectivity index (χ4v) is 3.05. The van der Waals surface area contributed by atoms with Crippen LogP contribution in [0.2, 0.25) is 0 Å². The van der Waals surface area contributed by atoms with Crippen molar-refractivity contribution >= 4 is 0 Å². The number of likely N-dealkylation sites (N-methyl/N-ethyl adjacent to an activating group) is 1. The Morgan fingerprint density at radius 3 is 2.71 bits per heavy atom. The Balaban J connectivity index is 1.95. The number of nitriles is 1. The van der Waals surface area contributed by atoms with Crippen LogP contribution in [0, 0.1) is 16.7 Å². The fourth-order valence-electron chi connectivity index (χ4n) is 3.05. The highest BCUT2D eigenvalue weighted by Crippen LogP contribution is 2.49. The second-order valence-electron chi connectivity index (χ2n) is 5.98. The molecular weight excluding hydrogens is 210 g/mol. The second-order valence-corrected chi connectivity index (χ2v) is 5.98. The third-order valence-corrected chi connectivity index (χ3v) is 4.44. The molecule has 1 unspecified atom stereocenters. The maximum atomic E-state index is 8.92. The van der Waals surface area contributed by atoms with Gasteiger partial charge < -0.3 is 4.90 Å². The van der Waals surface area contributed by atoms with Gasteiger partial charge in [-0.3, -0.25) is 4.90 Å². The summed E-state index contributed by atoms with van der Waals surface area (Å²) < 4.78 is 0. The van der Waals surface area contributed by atoms with Gasteiger partial charge in [0.2, 0.25) is 0 Å². The van der Waals surface area contributed by atoms with Crippen LogP contribution in [-0.4, -0.2) is 49.1 Å². The van der Waals surface area contributed by atoms with Gasteiger partial charge in [-0.2, -0.15) is 5.26 Å². The van der Waals surface area contributed by atoms with Crippen molar-refractivity contribution in [3.63, 3.8) is 0 Å². The lowest BCUT2D eigenvalue weighted by molar-refractivity contribution is 0.151. The van der Waals surface area contributed by atoms with Crippen LogP contribution < -0.4 is 0 Å². The van der Waals surface area contributed by atoms with E-state index < -0.39 is 0 Å². The van der Waals surface area contributed by atoms with Crippen LogP contribution in [0.3, 0.4) is 0 Å².